The molecule has 0 aliphatic rings. The second-order valence-corrected chi connectivity index (χ2v) is 28.4. The van der Waals surface area contributed by atoms with E-state index in [0.29, 0.717) is 11.3 Å². The molecule has 0 saturated heterocycles. The van der Waals surface area contributed by atoms with Crippen molar-refractivity contribution < 1.29 is 24.5 Å². The predicted molar refractivity (Wildman–Crippen MR) is 254 cm³/mol. The van der Waals surface area contributed by atoms with Crippen LogP contribution in [0.2, 0.25) is 17.3 Å². The first-order chi connectivity index (χ1) is 29.0. The van der Waals surface area contributed by atoms with E-state index in [1.807, 2.05) is 104 Å². The van der Waals surface area contributed by atoms with E-state index in [1.165, 1.54) is 5.56 Å². The average molecular weight is 1050 g/mol. The SMILES string of the molecule is CC(C)Cc1cc(-c2[c-]cccc2)nc[c]1[Ge]([CH3])([CH3])[CH3].Cc1ccc2c(n1)sc1c(-c3nc4ccccc4n3-c3c(-c4ccccc4)cc(F)c4ccccc34)[c-]ccc12.[Ir]. The Morgan fingerprint density at radius 1 is 0.738 bits per heavy atom. The molecule has 8 heteroatoms. The second-order valence-electron chi connectivity index (χ2n) is 16.8. The number of pyridine rings is 2. The average Bonchev–Trinajstić information content (AvgIpc) is 3.82. The number of hydrogen-bond donors (Lipinski definition) is 0. The fraction of sp³-hybridized carbons (Fsp3) is 0.151. The molecule has 0 unspecified atom stereocenters. The van der Waals surface area contributed by atoms with Crippen LogP contribution in [0.15, 0.2) is 146 Å². The summed E-state index contributed by atoms with van der Waals surface area (Å²) < 4.78 is 20.4. The summed E-state index contributed by atoms with van der Waals surface area (Å²) in [5.74, 6) is 8.51. The van der Waals surface area contributed by atoms with Gasteiger partial charge < -0.3 is 4.57 Å². The summed E-state index contributed by atoms with van der Waals surface area (Å²) >= 11 is -0.196. The van der Waals surface area contributed by atoms with Gasteiger partial charge in [-0.15, -0.1) is 18.2 Å². The molecular weight excluding hydrogens is 1010 g/mol. The normalized spacial score (nSPS) is 11.6. The third kappa shape index (κ3) is 8.37. The van der Waals surface area contributed by atoms with Crippen LogP contribution in [-0.4, -0.2) is 32.8 Å². The Labute approximate surface area is 377 Å². The molecule has 0 aliphatic heterocycles. The van der Waals surface area contributed by atoms with Crippen molar-refractivity contribution in [3.05, 3.63) is 175 Å². The Morgan fingerprint density at radius 3 is 2.23 bits per heavy atom. The fourth-order valence-corrected chi connectivity index (χ4v) is 12.7. The summed E-state index contributed by atoms with van der Waals surface area (Å²) in [6.45, 7) is 6.59. The van der Waals surface area contributed by atoms with Crippen molar-refractivity contribution in [2.24, 2.45) is 5.92 Å². The molecule has 0 amide bonds. The van der Waals surface area contributed by atoms with E-state index in [4.69, 9.17) is 15.0 Å². The number of aryl methyl sites for hydroxylation is 1. The molecular formula is C53H45FGeIrN4S-2. The van der Waals surface area contributed by atoms with Gasteiger partial charge in [-0.3, -0.25) is 4.98 Å². The van der Waals surface area contributed by atoms with Crippen molar-refractivity contribution in [2.45, 2.75) is 44.5 Å². The Kier molecular flexibility index (Phi) is 12.2. The van der Waals surface area contributed by atoms with E-state index < -0.39 is 13.3 Å². The van der Waals surface area contributed by atoms with Gasteiger partial charge in [0.1, 0.15) is 10.6 Å². The third-order valence-electron chi connectivity index (χ3n) is 10.9. The van der Waals surface area contributed by atoms with Crippen molar-refractivity contribution in [3.63, 3.8) is 0 Å². The van der Waals surface area contributed by atoms with E-state index in [1.54, 1.807) is 21.8 Å². The van der Waals surface area contributed by atoms with Gasteiger partial charge in [-0.1, -0.05) is 83.7 Å². The van der Waals surface area contributed by atoms with Gasteiger partial charge >= 0.3 is 126 Å². The Bertz CT molecular complexity index is 3170. The first-order valence-corrected chi connectivity index (χ1v) is 28.6. The maximum Gasteiger partial charge on any atom is 0.131 e. The Hall–Kier alpha value is -5.31. The molecule has 10 rings (SSSR count). The van der Waals surface area contributed by atoms with Gasteiger partial charge in [0.25, 0.3) is 0 Å². The minimum atomic E-state index is -1.86. The minimum absolute atomic E-state index is 0. The quantitative estimate of drug-likeness (QED) is 0.118. The maximum atomic E-state index is 15.6. The van der Waals surface area contributed by atoms with Gasteiger partial charge in [-0.05, 0) is 46.8 Å². The van der Waals surface area contributed by atoms with E-state index in [9.17, 15) is 0 Å². The minimum Gasteiger partial charge on any atom is -0.332 e. The van der Waals surface area contributed by atoms with Gasteiger partial charge in [-0.2, -0.15) is 11.3 Å². The van der Waals surface area contributed by atoms with E-state index >= 15 is 4.39 Å². The monoisotopic (exact) mass is 1060 g/mol. The molecule has 0 fully saturated rings. The molecule has 0 aliphatic carbocycles. The van der Waals surface area contributed by atoms with Crippen molar-refractivity contribution >= 4 is 71.1 Å². The third-order valence-corrected chi connectivity index (χ3v) is 16.4. The van der Waals surface area contributed by atoms with Crippen molar-refractivity contribution in [1.29, 1.82) is 0 Å². The number of benzene rings is 6. The smallest absolute Gasteiger partial charge is 0.131 e. The number of aromatic nitrogens is 4. The molecule has 10 aromatic rings. The van der Waals surface area contributed by atoms with Gasteiger partial charge in [0.2, 0.25) is 0 Å². The zero-order valence-electron chi connectivity index (χ0n) is 35.0. The number of thiophene rings is 1. The van der Waals surface area contributed by atoms with Crippen LogP contribution in [0.1, 0.15) is 25.1 Å². The summed E-state index contributed by atoms with van der Waals surface area (Å²) in [7, 11) is 0. The molecule has 61 heavy (non-hydrogen) atoms. The van der Waals surface area contributed by atoms with Crippen LogP contribution >= 0.6 is 11.3 Å². The number of para-hydroxylation sites is 2. The van der Waals surface area contributed by atoms with E-state index in [0.717, 1.165) is 88.3 Å². The Balaban J connectivity index is 0.000000208. The summed E-state index contributed by atoms with van der Waals surface area (Å²) in [5, 5.41) is 3.66. The fourth-order valence-electron chi connectivity index (χ4n) is 8.18. The number of imidazole rings is 1. The van der Waals surface area contributed by atoms with E-state index in [-0.39, 0.29) is 25.9 Å². The largest absolute Gasteiger partial charge is 0.332 e. The van der Waals surface area contributed by atoms with Crippen LogP contribution in [-0.2, 0) is 26.5 Å². The molecule has 0 saturated carbocycles. The van der Waals surface area contributed by atoms with Crippen LogP contribution < -0.4 is 4.40 Å². The van der Waals surface area contributed by atoms with Gasteiger partial charge in [0.05, 0.1) is 22.5 Å². The van der Waals surface area contributed by atoms with Gasteiger partial charge in [0.15, 0.2) is 0 Å². The van der Waals surface area contributed by atoms with Crippen LogP contribution in [0, 0.1) is 30.8 Å². The second kappa shape index (κ2) is 17.6. The molecule has 4 heterocycles. The number of nitrogens with zero attached hydrogens (tertiary/aromatic N) is 4. The molecule has 4 aromatic heterocycles. The van der Waals surface area contributed by atoms with Crippen LogP contribution in [0.25, 0.3) is 81.6 Å². The molecule has 0 spiro atoms. The van der Waals surface area contributed by atoms with Crippen LogP contribution in [0.5, 0.6) is 0 Å². The van der Waals surface area contributed by atoms with Crippen molar-refractivity contribution in [2.75, 3.05) is 0 Å². The summed E-state index contributed by atoms with van der Waals surface area (Å²) in [6.07, 6.45) is 3.27. The standard InChI is InChI=1S/C35H21FN3S.C18H24GeN.Ir/c1-21-18-19-26-25-14-9-15-27(33(25)40-35(26)37-21)34-38-30-16-7-8-17-31(30)39(34)32-24-13-6-5-12-23(24)29(36)20-28(32)22-10-3-2-4-11-22;1-14(2)11-16-12-18(15-9-7-6-8-10-15)20-13-17(16)19(3,4)5;/h2-14,16-20H,1H3;6-9,12-14H,11H2,1-5H3;/q2*-1;. The molecule has 0 atom stereocenters. The summed E-state index contributed by atoms with van der Waals surface area (Å²) in [4.78, 5) is 15.7. The van der Waals surface area contributed by atoms with Crippen LogP contribution in [0.4, 0.5) is 4.39 Å². The molecule has 305 valence electrons. The molecule has 0 bridgehead atoms. The van der Waals surface area contributed by atoms with E-state index in [2.05, 4.69) is 90.4 Å². The number of hydrogen-bond acceptors (Lipinski definition) is 4. The first kappa shape index (κ1) is 42.4. The molecule has 0 N–H and O–H groups in total. The van der Waals surface area contributed by atoms with Crippen LogP contribution in [0.3, 0.4) is 0 Å². The van der Waals surface area contributed by atoms with Gasteiger partial charge in [-0.25, -0.2) is 9.37 Å². The van der Waals surface area contributed by atoms with Crippen molar-refractivity contribution in [3.8, 4) is 39.5 Å². The zero-order chi connectivity index (χ0) is 41.5. The predicted octanol–water partition coefficient (Wildman–Crippen LogP) is 13.8. The number of fused-ring (bicyclic) bond motifs is 5. The molecule has 6 aromatic carbocycles. The summed E-state index contributed by atoms with van der Waals surface area (Å²) in [5.41, 5.74) is 9.99. The Morgan fingerprint density at radius 2 is 1.48 bits per heavy atom. The zero-order valence-corrected chi connectivity index (χ0v) is 40.4. The summed E-state index contributed by atoms with van der Waals surface area (Å²) in [6, 6.07) is 52.9. The maximum absolute atomic E-state index is 15.6. The first-order valence-electron chi connectivity index (χ1n) is 20.5. The molecule has 4 nitrogen and oxygen atoms in total. The number of rotatable bonds is 7. The molecule has 1 radical (unpaired) electrons. The van der Waals surface area contributed by atoms with Gasteiger partial charge in [0, 0.05) is 42.1 Å². The van der Waals surface area contributed by atoms with Crippen molar-refractivity contribution in [1.82, 2.24) is 19.5 Å². The topological polar surface area (TPSA) is 43.6 Å². The number of halogens is 1.